The van der Waals surface area contributed by atoms with Crippen molar-refractivity contribution in [1.82, 2.24) is 15.5 Å². The Bertz CT molecular complexity index is 703. The molecule has 1 aromatic rings. The Morgan fingerprint density at radius 2 is 1.93 bits per heavy atom. The van der Waals surface area contributed by atoms with Crippen molar-refractivity contribution in [1.29, 1.82) is 0 Å². The molecule has 0 atom stereocenters. The van der Waals surface area contributed by atoms with Gasteiger partial charge < -0.3 is 15.5 Å². The molecule has 1 aromatic carbocycles. The zero-order chi connectivity index (χ0) is 20.0. The molecule has 0 radical (unpaired) electrons. The maximum Gasteiger partial charge on any atom is 0.252 e. The summed E-state index contributed by atoms with van der Waals surface area (Å²) in [7, 11) is 0. The number of hydrogen-bond donors (Lipinski definition) is 2. The van der Waals surface area contributed by atoms with E-state index in [1.54, 1.807) is 4.90 Å². The van der Waals surface area contributed by atoms with Crippen LogP contribution in [0.4, 0.5) is 4.39 Å². The third-order valence-electron chi connectivity index (χ3n) is 4.45. The summed E-state index contributed by atoms with van der Waals surface area (Å²) in [5, 5.41) is 5.55. The Morgan fingerprint density at radius 3 is 2.52 bits per heavy atom. The van der Waals surface area contributed by atoms with Crippen LogP contribution in [0.1, 0.15) is 43.5 Å². The van der Waals surface area contributed by atoms with E-state index in [2.05, 4.69) is 10.6 Å². The summed E-state index contributed by atoms with van der Waals surface area (Å²) >= 11 is 5.85. The Hall–Kier alpha value is -2.15. The SMILES string of the molecule is CC(C)NC(=O)C1CCN(C(=O)CCNC(=O)c2ccc(F)cc2Cl)CC1. The number of nitrogens with zero attached hydrogens (tertiary/aromatic N) is 1. The molecule has 3 amide bonds. The van der Waals surface area contributed by atoms with Crippen LogP contribution in [0.25, 0.3) is 0 Å². The maximum absolute atomic E-state index is 13.0. The highest BCUT2D eigenvalue weighted by atomic mass is 35.5. The molecule has 8 heteroatoms. The fourth-order valence-corrected chi connectivity index (χ4v) is 3.26. The summed E-state index contributed by atoms with van der Waals surface area (Å²) in [6, 6.07) is 3.64. The minimum Gasteiger partial charge on any atom is -0.354 e. The van der Waals surface area contributed by atoms with Crippen molar-refractivity contribution in [3.05, 3.63) is 34.6 Å². The third-order valence-corrected chi connectivity index (χ3v) is 4.76. The first-order chi connectivity index (χ1) is 12.8. The number of likely N-dealkylation sites (tertiary alicyclic amines) is 1. The maximum atomic E-state index is 13.0. The fourth-order valence-electron chi connectivity index (χ4n) is 3.00. The molecule has 1 fully saturated rings. The standard InChI is InChI=1S/C19H25ClFN3O3/c1-12(2)23-18(26)13-6-9-24(10-7-13)17(25)5-8-22-19(27)15-4-3-14(21)11-16(15)20/h3-4,11-13H,5-10H2,1-2H3,(H,22,27)(H,23,26). The van der Waals surface area contributed by atoms with Gasteiger partial charge in [-0.3, -0.25) is 14.4 Å². The van der Waals surface area contributed by atoms with Crippen molar-refractivity contribution in [2.45, 2.75) is 39.2 Å². The average molecular weight is 398 g/mol. The van der Waals surface area contributed by atoms with E-state index in [0.29, 0.717) is 25.9 Å². The molecular formula is C19H25ClFN3O3. The molecule has 1 saturated heterocycles. The second-order valence-corrected chi connectivity index (χ2v) is 7.36. The van der Waals surface area contributed by atoms with Crippen molar-refractivity contribution in [2.75, 3.05) is 19.6 Å². The van der Waals surface area contributed by atoms with Crippen LogP contribution in [-0.2, 0) is 9.59 Å². The molecule has 1 aliphatic rings. The van der Waals surface area contributed by atoms with E-state index in [1.807, 2.05) is 13.8 Å². The number of carbonyl (C=O) groups is 3. The molecule has 0 aliphatic carbocycles. The molecule has 0 spiro atoms. The van der Waals surface area contributed by atoms with Crippen LogP contribution in [-0.4, -0.2) is 48.3 Å². The Morgan fingerprint density at radius 1 is 1.26 bits per heavy atom. The van der Waals surface area contributed by atoms with Gasteiger partial charge >= 0.3 is 0 Å². The van der Waals surface area contributed by atoms with E-state index in [4.69, 9.17) is 11.6 Å². The van der Waals surface area contributed by atoms with Crippen LogP contribution in [0.3, 0.4) is 0 Å². The number of amides is 3. The Labute approximate surface area is 163 Å². The lowest BCUT2D eigenvalue weighted by Crippen LogP contribution is -2.44. The first-order valence-corrected chi connectivity index (χ1v) is 9.47. The summed E-state index contributed by atoms with van der Waals surface area (Å²) in [4.78, 5) is 38.1. The highest BCUT2D eigenvalue weighted by molar-refractivity contribution is 6.33. The highest BCUT2D eigenvalue weighted by Gasteiger charge is 2.27. The largest absolute Gasteiger partial charge is 0.354 e. The predicted molar refractivity (Wildman–Crippen MR) is 101 cm³/mol. The van der Waals surface area contributed by atoms with E-state index in [0.717, 1.165) is 12.1 Å². The average Bonchev–Trinajstić information content (AvgIpc) is 2.61. The zero-order valence-electron chi connectivity index (χ0n) is 15.6. The van der Waals surface area contributed by atoms with Gasteiger partial charge in [0, 0.05) is 38.0 Å². The van der Waals surface area contributed by atoms with Gasteiger partial charge in [-0.05, 0) is 44.9 Å². The van der Waals surface area contributed by atoms with Gasteiger partial charge in [0.1, 0.15) is 5.82 Å². The molecule has 0 unspecified atom stereocenters. The quantitative estimate of drug-likeness (QED) is 0.773. The lowest BCUT2D eigenvalue weighted by molar-refractivity contribution is -0.135. The molecule has 0 aromatic heterocycles. The summed E-state index contributed by atoms with van der Waals surface area (Å²) < 4.78 is 13.0. The summed E-state index contributed by atoms with van der Waals surface area (Å²) in [6.45, 7) is 5.08. The molecule has 2 rings (SSSR count). The van der Waals surface area contributed by atoms with Crippen molar-refractivity contribution in [3.63, 3.8) is 0 Å². The van der Waals surface area contributed by atoms with Gasteiger partial charge in [0.15, 0.2) is 0 Å². The first kappa shape index (κ1) is 21.2. The molecule has 1 heterocycles. The van der Waals surface area contributed by atoms with Crippen molar-refractivity contribution < 1.29 is 18.8 Å². The van der Waals surface area contributed by atoms with Crippen LogP contribution >= 0.6 is 11.6 Å². The molecule has 2 N–H and O–H groups in total. The monoisotopic (exact) mass is 397 g/mol. The molecule has 6 nitrogen and oxygen atoms in total. The van der Waals surface area contributed by atoms with Gasteiger partial charge in [-0.25, -0.2) is 4.39 Å². The second kappa shape index (κ2) is 9.69. The topological polar surface area (TPSA) is 78.5 Å². The lowest BCUT2D eigenvalue weighted by Gasteiger charge is -2.31. The Kier molecular flexibility index (Phi) is 7.59. The van der Waals surface area contributed by atoms with Gasteiger partial charge in [-0.2, -0.15) is 0 Å². The number of piperidine rings is 1. The van der Waals surface area contributed by atoms with E-state index in [1.165, 1.54) is 6.07 Å². The smallest absolute Gasteiger partial charge is 0.252 e. The Balaban J connectivity index is 1.73. The van der Waals surface area contributed by atoms with Crippen LogP contribution in [0.5, 0.6) is 0 Å². The number of benzene rings is 1. The van der Waals surface area contributed by atoms with E-state index >= 15 is 0 Å². The van der Waals surface area contributed by atoms with Crippen LogP contribution < -0.4 is 10.6 Å². The van der Waals surface area contributed by atoms with E-state index in [9.17, 15) is 18.8 Å². The second-order valence-electron chi connectivity index (χ2n) is 6.95. The van der Waals surface area contributed by atoms with Gasteiger partial charge in [0.25, 0.3) is 5.91 Å². The van der Waals surface area contributed by atoms with E-state index < -0.39 is 11.7 Å². The minimum atomic E-state index is -0.516. The minimum absolute atomic E-state index is 0.0283. The molecule has 1 aliphatic heterocycles. The number of halogens is 2. The summed E-state index contributed by atoms with van der Waals surface area (Å²) in [5.74, 6) is -1.05. The number of nitrogens with one attached hydrogen (secondary N) is 2. The van der Waals surface area contributed by atoms with Crippen LogP contribution in [0, 0.1) is 11.7 Å². The van der Waals surface area contributed by atoms with E-state index in [-0.39, 0.29) is 47.3 Å². The van der Waals surface area contributed by atoms with Gasteiger partial charge in [0.05, 0.1) is 10.6 Å². The molecule has 0 bridgehead atoms. The van der Waals surface area contributed by atoms with Crippen molar-refractivity contribution in [3.8, 4) is 0 Å². The predicted octanol–water partition coefficient (Wildman–Crippen LogP) is 2.36. The lowest BCUT2D eigenvalue weighted by atomic mass is 9.95. The molecule has 27 heavy (non-hydrogen) atoms. The van der Waals surface area contributed by atoms with Crippen molar-refractivity contribution >= 4 is 29.3 Å². The van der Waals surface area contributed by atoms with Gasteiger partial charge in [0.2, 0.25) is 11.8 Å². The third kappa shape index (κ3) is 6.20. The number of rotatable bonds is 6. The van der Waals surface area contributed by atoms with Crippen molar-refractivity contribution in [2.24, 2.45) is 5.92 Å². The van der Waals surface area contributed by atoms with Gasteiger partial charge in [-0.1, -0.05) is 11.6 Å². The molecular weight excluding hydrogens is 373 g/mol. The van der Waals surface area contributed by atoms with Crippen LogP contribution in [0.15, 0.2) is 18.2 Å². The normalized spacial score (nSPS) is 14.9. The first-order valence-electron chi connectivity index (χ1n) is 9.09. The highest BCUT2D eigenvalue weighted by Crippen LogP contribution is 2.19. The number of carbonyl (C=O) groups excluding carboxylic acids is 3. The number of hydrogen-bond acceptors (Lipinski definition) is 3. The molecule has 148 valence electrons. The van der Waals surface area contributed by atoms with Gasteiger partial charge in [-0.15, -0.1) is 0 Å². The summed E-state index contributed by atoms with van der Waals surface area (Å²) in [5.41, 5.74) is 0.169. The summed E-state index contributed by atoms with van der Waals surface area (Å²) in [6.07, 6.45) is 1.44. The molecule has 0 saturated carbocycles. The van der Waals surface area contributed by atoms with Crippen LogP contribution in [0.2, 0.25) is 5.02 Å². The fraction of sp³-hybridized carbons (Fsp3) is 0.526. The zero-order valence-corrected chi connectivity index (χ0v) is 16.3.